The molecular weight excluding hydrogens is 638 g/mol. The summed E-state index contributed by atoms with van der Waals surface area (Å²) in [6, 6.07) is 11.1. The van der Waals surface area contributed by atoms with Crippen LogP contribution in [0.5, 0.6) is 11.5 Å². The summed E-state index contributed by atoms with van der Waals surface area (Å²) < 4.78 is 39.9. The summed E-state index contributed by atoms with van der Waals surface area (Å²) in [5, 5.41) is 25.5. The van der Waals surface area contributed by atoms with Crippen molar-refractivity contribution in [3.63, 3.8) is 0 Å². The molecule has 2 aromatic carbocycles. The summed E-state index contributed by atoms with van der Waals surface area (Å²) in [4.78, 5) is 52.0. The number of carbonyl (C=O) groups excluding carboxylic acids is 3. The second-order valence-electron chi connectivity index (χ2n) is 10.8. The van der Waals surface area contributed by atoms with Gasteiger partial charge in [0.2, 0.25) is 11.8 Å². The predicted molar refractivity (Wildman–Crippen MR) is 168 cm³/mol. The van der Waals surface area contributed by atoms with Gasteiger partial charge in [0.15, 0.2) is 5.67 Å². The van der Waals surface area contributed by atoms with Crippen molar-refractivity contribution in [2.75, 3.05) is 32.8 Å². The van der Waals surface area contributed by atoms with E-state index in [1.807, 2.05) is 5.32 Å². The van der Waals surface area contributed by atoms with E-state index in [0.717, 1.165) is 4.90 Å². The summed E-state index contributed by atoms with van der Waals surface area (Å²) in [5.74, 6) is -1.85. The topological polar surface area (TPSA) is 196 Å². The lowest BCUT2D eigenvalue weighted by Gasteiger charge is -2.25. The number of alkyl halides is 1. The first-order valence-corrected chi connectivity index (χ1v) is 15.3. The molecule has 1 fully saturated rings. The summed E-state index contributed by atoms with van der Waals surface area (Å²) in [5.41, 5.74) is 3.91. The van der Waals surface area contributed by atoms with Crippen LogP contribution in [0.1, 0.15) is 40.2 Å². The van der Waals surface area contributed by atoms with E-state index in [4.69, 9.17) is 25.7 Å². The number of hydrogen-bond acceptors (Lipinski definition) is 9. The highest BCUT2D eigenvalue weighted by Crippen LogP contribution is 2.32. The third kappa shape index (κ3) is 9.54. The number of ether oxygens (including phenoxy) is 2. The number of likely N-dealkylation sites (tertiary alicyclic amines) is 1. The molecule has 0 radical (unpaired) electrons. The highest BCUT2D eigenvalue weighted by Gasteiger charge is 2.49. The number of hydrogen-bond donors (Lipinski definition) is 6. The van der Waals surface area contributed by atoms with Gasteiger partial charge in [0.25, 0.3) is 5.91 Å². The van der Waals surface area contributed by atoms with Gasteiger partial charge in [-0.25, -0.2) is 13.6 Å². The van der Waals surface area contributed by atoms with Crippen LogP contribution in [0, 0.1) is 11.2 Å². The molecule has 0 spiro atoms. The number of benzene rings is 2. The van der Waals surface area contributed by atoms with Gasteiger partial charge >= 0.3 is 6.09 Å². The molecule has 1 aliphatic rings. The van der Waals surface area contributed by atoms with Crippen molar-refractivity contribution < 1.29 is 42.5 Å². The third-order valence-corrected chi connectivity index (χ3v) is 8.24. The van der Waals surface area contributed by atoms with E-state index in [2.05, 4.69) is 10.6 Å². The Hall–Kier alpha value is -4.93. The van der Waals surface area contributed by atoms with Crippen LogP contribution >= 0.6 is 11.3 Å². The van der Waals surface area contributed by atoms with Crippen LogP contribution in [0.25, 0.3) is 0 Å². The van der Waals surface area contributed by atoms with Crippen molar-refractivity contribution in [1.29, 1.82) is 5.41 Å². The SMILES string of the molecule is C[C@@H](NC(=O)[C@@H]1C[C@](F)(COCCN)CN1C(=O)CNC(=O)c1ccc(Oc2ccc(F)cc2)cc1)c1cc(C(=N)NC(=O)O)cs1. The van der Waals surface area contributed by atoms with Crippen LogP contribution in [0.4, 0.5) is 13.6 Å². The number of amidine groups is 1. The zero-order valence-corrected chi connectivity index (χ0v) is 26.1. The van der Waals surface area contributed by atoms with Gasteiger partial charge in [-0.05, 0) is 61.5 Å². The van der Waals surface area contributed by atoms with E-state index in [1.165, 1.54) is 59.9 Å². The first-order chi connectivity index (χ1) is 22.4. The molecule has 0 unspecified atom stereocenters. The molecule has 4 amide bonds. The van der Waals surface area contributed by atoms with Crippen LogP contribution < -0.4 is 26.4 Å². The Balaban J connectivity index is 1.39. The average molecular weight is 673 g/mol. The molecule has 16 heteroatoms. The monoisotopic (exact) mass is 672 g/mol. The van der Waals surface area contributed by atoms with Crippen molar-refractivity contribution in [2.24, 2.45) is 5.73 Å². The first-order valence-electron chi connectivity index (χ1n) is 14.4. The minimum Gasteiger partial charge on any atom is -0.465 e. The molecule has 0 saturated carbocycles. The van der Waals surface area contributed by atoms with Crippen molar-refractivity contribution in [3.8, 4) is 11.5 Å². The van der Waals surface area contributed by atoms with Gasteiger partial charge < -0.3 is 35.8 Å². The molecule has 3 atom stereocenters. The van der Waals surface area contributed by atoms with E-state index in [9.17, 15) is 23.6 Å². The number of nitrogens with one attached hydrogen (secondary N) is 4. The van der Waals surface area contributed by atoms with E-state index in [0.29, 0.717) is 21.9 Å². The molecule has 13 nitrogen and oxygen atoms in total. The fraction of sp³-hybridized carbons (Fsp3) is 0.323. The summed E-state index contributed by atoms with van der Waals surface area (Å²) in [6.45, 7) is 0.552. The second-order valence-corrected chi connectivity index (χ2v) is 11.7. The largest absolute Gasteiger partial charge is 0.465 e. The van der Waals surface area contributed by atoms with E-state index >= 15 is 4.39 Å². The van der Waals surface area contributed by atoms with Gasteiger partial charge in [0.1, 0.15) is 29.2 Å². The molecule has 0 bridgehead atoms. The second kappa shape index (κ2) is 15.6. The molecule has 2 heterocycles. The van der Waals surface area contributed by atoms with E-state index in [1.54, 1.807) is 18.4 Å². The molecule has 1 aliphatic heterocycles. The fourth-order valence-electron chi connectivity index (χ4n) is 4.82. The summed E-state index contributed by atoms with van der Waals surface area (Å²) >= 11 is 1.18. The standard InChI is InChI=1S/C31H34F2N6O7S/c1-18(25-12-20(15-47-25)27(35)38-30(43)44)37-29(42)24-13-31(33,17-45-11-10-34)16-39(24)26(40)14-36-28(41)19-2-6-22(7-3-19)46-23-8-4-21(32)5-9-23/h2-9,12,15,18,24H,10-11,13-14,16-17,34H2,1H3,(H2,35,38)(H,36,41)(H,37,42)(H,43,44)/t18-,24+,31-/m1/s1. The highest BCUT2D eigenvalue weighted by molar-refractivity contribution is 7.10. The lowest BCUT2D eigenvalue weighted by atomic mass is 10.0. The van der Waals surface area contributed by atoms with Crippen molar-refractivity contribution in [2.45, 2.75) is 31.1 Å². The molecule has 47 heavy (non-hydrogen) atoms. The Labute approximate surface area is 272 Å². The number of halogens is 2. The molecule has 250 valence electrons. The molecule has 0 aliphatic carbocycles. The van der Waals surface area contributed by atoms with Crippen molar-refractivity contribution in [3.05, 3.63) is 81.8 Å². The summed E-state index contributed by atoms with van der Waals surface area (Å²) in [7, 11) is 0. The minimum absolute atomic E-state index is 0.0871. The zero-order chi connectivity index (χ0) is 34.1. The molecule has 3 aromatic rings. The summed E-state index contributed by atoms with van der Waals surface area (Å²) in [6.07, 6.45) is -1.74. The van der Waals surface area contributed by atoms with Crippen LogP contribution in [0.3, 0.4) is 0 Å². The maximum Gasteiger partial charge on any atom is 0.410 e. The van der Waals surface area contributed by atoms with Gasteiger partial charge in [-0.2, -0.15) is 0 Å². The lowest BCUT2D eigenvalue weighted by Crippen LogP contribution is -2.49. The van der Waals surface area contributed by atoms with E-state index < -0.39 is 60.5 Å². The molecular formula is C31H34F2N6O7S. The zero-order valence-electron chi connectivity index (χ0n) is 25.3. The van der Waals surface area contributed by atoms with Gasteiger partial charge in [0, 0.05) is 34.3 Å². The molecule has 7 N–H and O–H groups in total. The Kier molecular flexibility index (Phi) is 11.6. The van der Waals surface area contributed by atoms with Gasteiger partial charge in [-0.15, -0.1) is 11.3 Å². The van der Waals surface area contributed by atoms with Gasteiger partial charge in [-0.3, -0.25) is 25.1 Å². The highest BCUT2D eigenvalue weighted by atomic mass is 32.1. The Morgan fingerprint density at radius 1 is 1.13 bits per heavy atom. The Bertz CT molecular complexity index is 1600. The minimum atomic E-state index is -2.05. The quantitative estimate of drug-likeness (QED) is 0.0905. The van der Waals surface area contributed by atoms with E-state index in [-0.39, 0.29) is 37.6 Å². The fourth-order valence-corrected chi connectivity index (χ4v) is 5.73. The third-order valence-electron chi connectivity index (χ3n) is 7.13. The normalized spacial score (nSPS) is 17.9. The van der Waals surface area contributed by atoms with Crippen molar-refractivity contribution >= 4 is 41.0 Å². The molecule has 4 rings (SSSR count). The van der Waals surface area contributed by atoms with Crippen LogP contribution in [-0.2, 0) is 14.3 Å². The number of carboxylic acid groups (broad SMARTS) is 1. The molecule has 1 aromatic heterocycles. The Morgan fingerprint density at radius 3 is 2.43 bits per heavy atom. The lowest BCUT2D eigenvalue weighted by molar-refractivity contribution is -0.138. The maximum atomic E-state index is 15.9. The number of nitrogens with zero attached hydrogens (tertiary/aromatic N) is 1. The van der Waals surface area contributed by atoms with Crippen LogP contribution in [0.15, 0.2) is 60.0 Å². The van der Waals surface area contributed by atoms with Crippen LogP contribution in [-0.4, -0.2) is 84.2 Å². The number of carbonyl (C=O) groups is 4. The maximum absolute atomic E-state index is 15.9. The Morgan fingerprint density at radius 2 is 1.79 bits per heavy atom. The van der Waals surface area contributed by atoms with Crippen molar-refractivity contribution in [1.82, 2.24) is 20.9 Å². The smallest absolute Gasteiger partial charge is 0.410 e. The van der Waals surface area contributed by atoms with Crippen LogP contribution in [0.2, 0.25) is 0 Å². The number of nitrogens with two attached hydrogens (primary N) is 1. The number of thiophene rings is 1. The van der Waals surface area contributed by atoms with Gasteiger partial charge in [0.05, 0.1) is 32.3 Å². The predicted octanol–water partition coefficient (Wildman–Crippen LogP) is 3.16. The first kappa shape index (κ1) is 34.9. The average Bonchev–Trinajstić information content (AvgIpc) is 3.67. The number of rotatable bonds is 13. The molecule has 1 saturated heterocycles. The van der Waals surface area contributed by atoms with Gasteiger partial charge in [-0.1, -0.05) is 0 Å². The number of amides is 4.